The van der Waals surface area contributed by atoms with Gasteiger partial charge in [-0.15, -0.1) is 0 Å². The van der Waals surface area contributed by atoms with Crippen molar-refractivity contribution in [3.05, 3.63) is 89.5 Å². The van der Waals surface area contributed by atoms with E-state index in [0.717, 1.165) is 0 Å². The van der Waals surface area contributed by atoms with E-state index in [2.05, 4.69) is 5.32 Å². The number of amides is 1. The number of ketones is 1. The Labute approximate surface area is 157 Å². The molecule has 1 N–H and O–H groups in total. The Morgan fingerprint density at radius 3 is 2.11 bits per heavy atom. The van der Waals surface area contributed by atoms with E-state index < -0.39 is 0 Å². The minimum Gasteiger partial charge on any atom is -0.493 e. The maximum absolute atomic E-state index is 12.8. The van der Waals surface area contributed by atoms with Crippen LogP contribution in [0.15, 0.2) is 72.8 Å². The number of carbonyl (C=O) groups excluding carboxylic acids is 2. The molecule has 0 unspecified atom stereocenters. The summed E-state index contributed by atoms with van der Waals surface area (Å²) in [6.07, 6.45) is 0. The van der Waals surface area contributed by atoms with Gasteiger partial charge in [-0.2, -0.15) is 0 Å². The van der Waals surface area contributed by atoms with Crippen molar-refractivity contribution < 1.29 is 19.1 Å². The summed E-state index contributed by atoms with van der Waals surface area (Å²) in [7, 11) is 2.98. The summed E-state index contributed by atoms with van der Waals surface area (Å²) < 4.78 is 10.6. The molecule has 0 aliphatic rings. The van der Waals surface area contributed by atoms with Gasteiger partial charge in [0.25, 0.3) is 5.91 Å². The van der Waals surface area contributed by atoms with Gasteiger partial charge in [-0.05, 0) is 24.3 Å². The monoisotopic (exact) mass is 361 g/mol. The number of ether oxygens (including phenoxy) is 2. The summed E-state index contributed by atoms with van der Waals surface area (Å²) in [6, 6.07) is 20.9. The smallest absolute Gasteiger partial charge is 0.259 e. The molecule has 136 valence electrons. The molecule has 0 saturated heterocycles. The minimum atomic E-state index is -0.390. The number of nitrogens with one attached hydrogen (secondary N) is 1. The number of anilines is 1. The van der Waals surface area contributed by atoms with Crippen molar-refractivity contribution in [2.24, 2.45) is 0 Å². The first kappa shape index (κ1) is 18.2. The summed E-state index contributed by atoms with van der Waals surface area (Å²) in [5.74, 6) is 0.242. The second-order valence-electron chi connectivity index (χ2n) is 5.74. The van der Waals surface area contributed by atoms with E-state index in [-0.39, 0.29) is 11.7 Å². The molecule has 0 aromatic heterocycles. The lowest BCUT2D eigenvalue weighted by atomic mass is 10.0. The van der Waals surface area contributed by atoms with Crippen molar-refractivity contribution in [1.29, 1.82) is 0 Å². The van der Waals surface area contributed by atoms with Crippen LogP contribution in [0.2, 0.25) is 0 Å². The average molecular weight is 361 g/mol. The Kier molecular flexibility index (Phi) is 5.52. The van der Waals surface area contributed by atoms with Crippen LogP contribution in [0.3, 0.4) is 0 Å². The van der Waals surface area contributed by atoms with E-state index in [4.69, 9.17) is 9.47 Å². The van der Waals surface area contributed by atoms with E-state index in [9.17, 15) is 9.59 Å². The first-order valence-corrected chi connectivity index (χ1v) is 8.37. The van der Waals surface area contributed by atoms with Crippen LogP contribution >= 0.6 is 0 Å². The van der Waals surface area contributed by atoms with Crippen molar-refractivity contribution in [3.8, 4) is 11.5 Å². The highest BCUT2D eigenvalue weighted by atomic mass is 16.5. The zero-order valence-corrected chi connectivity index (χ0v) is 15.1. The highest BCUT2D eigenvalue weighted by molar-refractivity contribution is 6.15. The molecule has 0 bridgehead atoms. The largest absolute Gasteiger partial charge is 0.493 e. The third-order valence-corrected chi connectivity index (χ3v) is 4.10. The maximum atomic E-state index is 12.8. The van der Waals surface area contributed by atoms with E-state index in [1.807, 2.05) is 6.07 Å². The summed E-state index contributed by atoms with van der Waals surface area (Å²) in [5, 5.41) is 2.81. The van der Waals surface area contributed by atoms with Crippen LogP contribution in [0.5, 0.6) is 11.5 Å². The second-order valence-corrected chi connectivity index (χ2v) is 5.74. The van der Waals surface area contributed by atoms with Gasteiger partial charge >= 0.3 is 0 Å². The number of benzene rings is 3. The zero-order chi connectivity index (χ0) is 19.2. The van der Waals surface area contributed by atoms with Gasteiger partial charge in [0, 0.05) is 11.1 Å². The third kappa shape index (κ3) is 3.82. The van der Waals surface area contributed by atoms with E-state index in [0.29, 0.717) is 33.9 Å². The van der Waals surface area contributed by atoms with Crippen LogP contribution in [0.25, 0.3) is 0 Å². The highest BCUT2D eigenvalue weighted by Gasteiger charge is 2.19. The van der Waals surface area contributed by atoms with E-state index in [1.165, 1.54) is 14.2 Å². The van der Waals surface area contributed by atoms with Gasteiger partial charge < -0.3 is 14.8 Å². The number of hydrogen-bond donors (Lipinski definition) is 1. The Morgan fingerprint density at radius 2 is 1.41 bits per heavy atom. The van der Waals surface area contributed by atoms with Crippen LogP contribution in [-0.2, 0) is 0 Å². The molecule has 0 aliphatic heterocycles. The third-order valence-electron chi connectivity index (χ3n) is 4.10. The van der Waals surface area contributed by atoms with Gasteiger partial charge in [0.05, 0.1) is 25.5 Å². The predicted molar refractivity (Wildman–Crippen MR) is 104 cm³/mol. The number of carbonyl (C=O) groups is 2. The van der Waals surface area contributed by atoms with E-state index >= 15 is 0 Å². The normalized spacial score (nSPS) is 10.1. The Balaban J connectivity index is 1.94. The minimum absolute atomic E-state index is 0.163. The van der Waals surface area contributed by atoms with Crippen LogP contribution in [0.4, 0.5) is 5.69 Å². The van der Waals surface area contributed by atoms with Gasteiger partial charge in [-0.3, -0.25) is 9.59 Å². The lowest BCUT2D eigenvalue weighted by Crippen LogP contribution is -2.16. The van der Waals surface area contributed by atoms with Gasteiger partial charge in [0.1, 0.15) is 0 Å². The predicted octanol–water partition coefficient (Wildman–Crippen LogP) is 4.19. The van der Waals surface area contributed by atoms with Crippen molar-refractivity contribution in [2.75, 3.05) is 19.5 Å². The van der Waals surface area contributed by atoms with Crippen molar-refractivity contribution in [2.45, 2.75) is 0 Å². The number of para-hydroxylation sites is 2. The summed E-state index contributed by atoms with van der Waals surface area (Å²) in [4.78, 5) is 25.6. The molecule has 1 amide bonds. The zero-order valence-electron chi connectivity index (χ0n) is 15.1. The molecule has 3 aromatic carbocycles. The molecule has 0 fully saturated rings. The molecular formula is C22H19NO4. The fraction of sp³-hybridized carbons (Fsp3) is 0.0909. The van der Waals surface area contributed by atoms with Crippen molar-refractivity contribution in [1.82, 2.24) is 0 Å². The van der Waals surface area contributed by atoms with Crippen LogP contribution in [0.1, 0.15) is 26.3 Å². The van der Waals surface area contributed by atoms with Crippen LogP contribution in [-0.4, -0.2) is 25.9 Å². The Morgan fingerprint density at radius 1 is 0.741 bits per heavy atom. The molecule has 3 aromatic rings. The van der Waals surface area contributed by atoms with Gasteiger partial charge in [0.2, 0.25) is 0 Å². The molecular weight excluding hydrogens is 342 g/mol. The Bertz CT molecular complexity index is 967. The number of rotatable bonds is 6. The highest BCUT2D eigenvalue weighted by Crippen LogP contribution is 2.31. The summed E-state index contributed by atoms with van der Waals surface area (Å²) >= 11 is 0. The molecule has 5 heteroatoms. The first-order chi connectivity index (χ1) is 13.2. The van der Waals surface area contributed by atoms with Gasteiger partial charge in [-0.1, -0.05) is 48.5 Å². The average Bonchev–Trinajstić information content (AvgIpc) is 2.73. The van der Waals surface area contributed by atoms with Gasteiger partial charge in [-0.25, -0.2) is 0 Å². The first-order valence-electron chi connectivity index (χ1n) is 8.37. The molecule has 5 nitrogen and oxygen atoms in total. The fourth-order valence-electron chi connectivity index (χ4n) is 2.79. The second kappa shape index (κ2) is 8.19. The summed E-state index contributed by atoms with van der Waals surface area (Å²) in [5.41, 5.74) is 1.72. The lowest BCUT2D eigenvalue weighted by molar-refractivity contribution is 0.102. The molecule has 0 saturated carbocycles. The molecule has 0 heterocycles. The lowest BCUT2D eigenvalue weighted by Gasteiger charge is -2.14. The van der Waals surface area contributed by atoms with Crippen LogP contribution in [0, 0.1) is 0 Å². The standard InChI is InChI=1S/C22H19NO4/c1-26-19-14-8-12-17(21(19)27-2)22(25)23-18-13-7-6-11-16(18)20(24)15-9-4-3-5-10-15/h3-14H,1-2H3,(H,23,25). The topological polar surface area (TPSA) is 64.6 Å². The quantitative estimate of drug-likeness (QED) is 0.669. The van der Waals surface area contributed by atoms with Crippen molar-refractivity contribution >= 4 is 17.4 Å². The Hall–Kier alpha value is -3.60. The molecule has 0 aliphatic carbocycles. The fourth-order valence-corrected chi connectivity index (χ4v) is 2.79. The number of methoxy groups -OCH3 is 2. The van der Waals surface area contributed by atoms with Crippen LogP contribution < -0.4 is 14.8 Å². The molecule has 3 rings (SSSR count). The van der Waals surface area contributed by atoms with E-state index in [1.54, 1.807) is 66.7 Å². The van der Waals surface area contributed by atoms with Gasteiger partial charge in [0.15, 0.2) is 17.3 Å². The van der Waals surface area contributed by atoms with Crippen molar-refractivity contribution in [3.63, 3.8) is 0 Å². The molecule has 27 heavy (non-hydrogen) atoms. The SMILES string of the molecule is COc1cccc(C(=O)Nc2ccccc2C(=O)c2ccccc2)c1OC. The maximum Gasteiger partial charge on any atom is 0.259 e. The molecule has 0 radical (unpaired) electrons. The molecule has 0 atom stereocenters. The number of hydrogen-bond acceptors (Lipinski definition) is 4. The summed E-state index contributed by atoms with van der Waals surface area (Å²) in [6.45, 7) is 0. The molecule has 0 spiro atoms.